The molecule has 0 saturated heterocycles. The van der Waals surface area contributed by atoms with Gasteiger partial charge in [0.1, 0.15) is 19.7 Å². The van der Waals surface area contributed by atoms with Crippen molar-refractivity contribution in [2.45, 2.75) is 64.5 Å². The molecule has 2 N–H and O–H groups in total. The second-order valence-corrected chi connectivity index (χ2v) is 12.0. The number of rotatable bonds is 33. The molecule has 0 fully saturated rings. The van der Waals surface area contributed by atoms with Crippen molar-refractivity contribution >= 4 is 17.7 Å². The lowest BCUT2D eigenvalue weighted by atomic mass is 9.78. The zero-order valence-corrected chi connectivity index (χ0v) is 30.7. The van der Waals surface area contributed by atoms with Gasteiger partial charge < -0.3 is 48.7 Å². The predicted molar refractivity (Wildman–Crippen MR) is 173 cm³/mol. The van der Waals surface area contributed by atoms with Crippen LogP contribution in [0.1, 0.15) is 46.0 Å². The van der Waals surface area contributed by atoms with E-state index in [9.17, 15) is 53.9 Å². The van der Waals surface area contributed by atoms with Gasteiger partial charge in [0.05, 0.1) is 91.9 Å². The Bertz CT molecular complexity index is 926. The van der Waals surface area contributed by atoms with Gasteiger partial charge in [-0.1, -0.05) is 13.8 Å². The van der Waals surface area contributed by atoms with Gasteiger partial charge in [0.25, 0.3) is 0 Å². The summed E-state index contributed by atoms with van der Waals surface area (Å²) in [5.41, 5.74) is -3.55. The number of nitrogens with one attached hydrogen (secondary N) is 2. The lowest BCUT2D eigenvalue weighted by molar-refractivity contribution is -0.235. The molecule has 0 rings (SSSR count). The van der Waals surface area contributed by atoms with Crippen LogP contribution in [0, 0.1) is 5.41 Å². The summed E-state index contributed by atoms with van der Waals surface area (Å²) < 4.78 is 156. The van der Waals surface area contributed by atoms with Crippen LogP contribution in [0.2, 0.25) is 0 Å². The van der Waals surface area contributed by atoms with Gasteiger partial charge in [-0.15, -0.1) is 0 Å². The Morgan fingerprint density at radius 3 is 1.11 bits per heavy atom. The minimum absolute atomic E-state index is 0.0103. The fourth-order valence-electron chi connectivity index (χ4n) is 4.65. The summed E-state index contributed by atoms with van der Waals surface area (Å²) in [6.07, 6.45) is -22.1. The molecule has 0 aliphatic carbocycles. The third-order valence-electron chi connectivity index (χ3n) is 6.70. The number of carbonyl (C=O) groups excluding carboxylic acids is 3. The van der Waals surface area contributed by atoms with E-state index in [1.807, 2.05) is 13.8 Å². The van der Waals surface area contributed by atoms with Crippen molar-refractivity contribution in [2.24, 2.45) is 5.41 Å². The van der Waals surface area contributed by atoms with E-state index in [0.717, 1.165) is 12.8 Å². The Balaban J connectivity index is 5.26. The van der Waals surface area contributed by atoms with Gasteiger partial charge in [-0.2, -0.15) is 39.5 Å². The van der Waals surface area contributed by atoms with Gasteiger partial charge in [0, 0.05) is 31.7 Å². The van der Waals surface area contributed by atoms with E-state index >= 15 is 0 Å². The first-order valence-corrected chi connectivity index (χ1v) is 17.4. The van der Waals surface area contributed by atoms with Crippen molar-refractivity contribution < 1.29 is 87.1 Å². The molecule has 0 spiro atoms. The van der Waals surface area contributed by atoms with E-state index in [1.54, 1.807) is 0 Å². The van der Waals surface area contributed by atoms with E-state index in [1.165, 1.54) is 0 Å². The van der Waals surface area contributed by atoms with Crippen LogP contribution < -0.4 is 10.6 Å². The largest absolute Gasteiger partial charge is 0.389 e. The number of ether oxygens (including phenoxy) is 7. The maximum Gasteiger partial charge on any atom is 0.389 e. The molecule has 13 nitrogen and oxygen atoms in total. The summed E-state index contributed by atoms with van der Waals surface area (Å²) >= 11 is 0. The summed E-state index contributed by atoms with van der Waals surface area (Å²) in [5.74, 6) is -2.95. The Morgan fingerprint density at radius 2 is 0.796 bits per heavy atom. The normalized spacial score (nSPS) is 12.6. The van der Waals surface area contributed by atoms with E-state index in [-0.39, 0.29) is 52.7 Å². The van der Waals surface area contributed by atoms with Crippen LogP contribution in [0.3, 0.4) is 0 Å². The van der Waals surface area contributed by atoms with Crippen molar-refractivity contribution in [3.63, 3.8) is 0 Å². The van der Waals surface area contributed by atoms with Crippen LogP contribution in [0.4, 0.5) is 39.5 Å². The molecular weight excluding hydrogens is 757 g/mol. The lowest BCUT2D eigenvalue weighted by Crippen LogP contribution is -2.48. The Morgan fingerprint density at radius 1 is 0.481 bits per heavy atom. The number of amides is 3. The molecule has 0 aromatic rings. The minimum Gasteiger partial charge on any atom is -0.379 e. The Labute approximate surface area is 309 Å². The van der Waals surface area contributed by atoms with Gasteiger partial charge in [-0.25, -0.2) is 0 Å². The number of hydrogen-bond donors (Lipinski definition) is 2. The molecule has 3 amide bonds. The van der Waals surface area contributed by atoms with Crippen LogP contribution in [0.15, 0.2) is 0 Å². The highest BCUT2D eigenvalue weighted by molar-refractivity contribution is 5.89. The molecule has 0 aromatic carbocycles. The highest BCUT2D eigenvalue weighted by Gasteiger charge is 2.54. The first-order valence-electron chi connectivity index (χ1n) is 17.4. The van der Waals surface area contributed by atoms with Crippen LogP contribution in [0.25, 0.3) is 0 Å². The highest BCUT2D eigenvalue weighted by Crippen LogP contribution is 2.48. The van der Waals surface area contributed by atoms with Crippen LogP contribution in [0.5, 0.6) is 0 Å². The second-order valence-electron chi connectivity index (χ2n) is 12.0. The molecular formula is C32H54F9N3O10. The first kappa shape index (κ1) is 51.5. The maximum absolute atomic E-state index is 13.2. The summed E-state index contributed by atoms with van der Waals surface area (Å²) in [6.45, 7) is 2.64. The molecule has 320 valence electrons. The van der Waals surface area contributed by atoms with Crippen molar-refractivity contribution in [3.8, 4) is 0 Å². The third-order valence-corrected chi connectivity index (χ3v) is 6.70. The maximum atomic E-state index is 13.2. The van der Waals surface area contributed by atoms with Gasteiger partial charge in [0.2, 0.25) is 17.7 Å². The third kappa shape index (κ3) is 31.8. The Kier molecular flexibility index (Phi) is 27.5. The Hall–Kier alpha value is -2.50. The number of halogens is 9. The number of carbonyl (C=O) groups is 3. The van der Waals surface area contributed by atoms with Crippen molar-refractivity contribution in [1.82, 2.24) is 15.5 Å². The number of alkyl halides is 9. The lowest BCUT2D eigenvalue weighted by Gasteiger charge is -2.35. The molecule has 0 aliphatic rings. The van der Waals surface area contributed by atoms with Crippen LogP contribution in [-0.2, 0) is 47.5 Å². The molecule has 0 saturated carbocycles. The zero-order chi connectivity index (χ0) is 40.9. The van der Waals surface area contributed by atoms with Crippen LogP contribution >= 0.6 is 0 Å². The SMILES string of the molecule is CCCOCCOCCOCCNC(=O)CN(CC(=O)NCCOCCOCCOCCC)C(=O)COCC(CC(F)(F)F)(CC(F)(F)F)CC(F)(F)F. The van der Waals surface area contributed by atoms with Crippen LogP contribution in [-0.4, -0.2) is 160 Å². The average molecular weight is 812 g/mol. The zero-order valence-electron chi connectivity index (χ0n) is 30.7. The fraction of sp³-hybridized carbons (Fsp3) is 0.906. The molecule has 0 bridgehead atoms. The second kappa shape index (κ2) is 28.8. The summed E-state index contributed by atoms with van der Waals surface area (Å²) in [4.78, 5) is 38.7. The molecule has 0 unspecified atom stereocenters. The summed E-state index contributed by atoms with van der Waals surface area (Å²) in [6, 6.07) is 0. The van der Waals surface area contributed by atoms with Gasteiger partial charge in [0.15, 0.2) is 0 Å². The van der Waals surface area contributed by atoms with E-state index < -0.39 is 87.2 Å². The quantitative estimate of drug-likeness (QED) is 0.0743. The highest BCUT2D eigenvalue weighted by atomic mass is 19.4. The smallest absolute Gasteiger partial charge is 0.379 e. The topological polar surface area (TPSA) is 143 Å². The molecule has 54 heavy (non-hydrogen) atoms. The van der Waals surface area contributed by atoms with Crippen molar-refractivity contribution in [1.29, 1.82) is 0 Å². The molecule has 0 aromatic heterocycles. The van der Waals surface area contributed by atoms with E-state index in [0.29, 0.717) is 44.5 Å². The number of hydrogen-bond acceptors (Lipinski definition) is 10. The summed E-state index contributed by atoms with van der Waals surface area (Å²) in [7, 11) is 0. The average Bonchev–Trinajstić information content (AvgIpc) is 3.03. The van der Waals surface area contributed by atoms with Crippen molar-refractivity contribution in [3.05, 3.63) is 0 Å². The first-order chi connectivity index (χ1) is 25.3. The monoisotopic (exact) mass is 811 g/mol. The predicted octanol–water partition coefficient (Wildman–Crippen LogP) is 3.83. The minimum atomic E-state index is -5.45. The molecule has 0 heterocycles. The molecule has 0 atom stereocenters. The standard InChI is InChI=1S/C32H54F9N3O10/c1-3-7-48-11-15-52-17-13-50-9-5-42-26(45)19-44(20-27(46)43-6-10-51-14-18-53-16-12-49-8-4-2)28(47)21-54-25-29(22-30(33,34)35,23-31(36,37)38)24-32(39,40)41/h3-25H2,1-2H3,(H,42,45)(H,43,46). The van der Waals surface area contributed by atoms with Gasteiger partial charge in [-0.05, 0) is 12.8 Å². The van der Waals surface area contributed by atoms with Gasteiger partial charge in [-0.3, -0.25) is 14.4 Å². The van der Waals surface area contributed by atoms with Gasteiger partial charge >= 0.3 is 18.5 Å². The summed E-state index contributed by atoms with van der Waals surface area (Å²) in [5, 5.41) is 4.82. The van der Waals surface area contributed by atoms with Crippen molar-refractivity contribution in [2.75, 3.05) is 119 Å². The molecule has 0 radical (unpaired) electrons. The van der Waals surface area contributed by atoms with E-state index in [4.69, 9.17) is 33.2 Å². The molecule has 0 aliphatic heterocycles. The van der Waals surface area contributed by atoms with E-state index in [2.05, 4.69) is 10.6 Å². The fourth-order valence-corrected chi connectivity index (χ4v) is 4.65. The number of nitrogens with zero attached hydrogens (tertiary/aromatic N) is 1. The molecule has 22 heteroatoms.